The van der Waals surface area contributed by atoms with Crippen molar-refractivity contribution in [1.82, 2.24) is 0 Å². The second-order valence-electron chi connectivity index (χ2n) is 4.14. The molecule has 1 rings (SSSR count). The zero-order chi connectivity index (χ0) is 13.2. The molecule has 0 amide bonds. The van der Waals surface area contributed by atoms with Crippen molar-refractivity contribution in [2.75, 3.05) is 0 Å². The Morgan fingerprint density at radius 1 is 1.29 bits per heavy atom. The SMILES string of the molecule is CCC(C)[C@H](N)c1ccc(F)cc1C(F)(F)F. The molecule has 0 fully saturated rings. The molecule has 0 aliphatic carbocycles. The molecule has 0 aromatic heterocycles. The molecule has 2 atom stereocenters. The van der Waals surface area contributed by atoms with Crippen LogP contribution in [0.15, 0.2) is 18.2 Å². The Labute approximate surface area is 97.6 Å². The predicted molar refractivity (Wildman–Crippen MR) is 57.8 cm³/mol. The highest BCUT2D eigenvalue weighted by Crippen LogP contribution is 2.36. The van der Waals surface area contributed by atoms with E-state index in [4.69, 9.17) is 5.73 Å². The van der Waals surface area contributed by atoms with Gasteiger partial charge in [-0.1, -0.05) is 26.3 Å². The lowest BCUT2D eigenvalue weighted by molar-refractivity contribution is -0.138. The van der Waals surface area contributed by atoms with Gasteiger partial charge in [0.25, 0.3) is 0 Å². The number of hydrogen-bond donors (Lipinski definition) is 1. The Morgan fingerprint density at radius 2 is 1.88 bits per heavy atom. The van der Waals surface area contributed by atoms with Gasteiger partial charge in [0.05, 0.1) is 5.56 Å². The fourth-order valence-electron chi connectivity index (χ4n) is 1.63. The number of alkyl halides is 3. The van der Waals surface area contributed by atoms with Gasteiger partial charge >= 0.3 is 6.18 Å². The van der Waals surface area contributed by atoms with E-state index in [0.717, 1.165) is 12.1 Å². The number of hydrogen-bond acceptors (Lipinski definition) is 1. The van der Waals surface area contributed by atoms with Crippen LogP contribution in [0, 0.1) is 11.7 Å². The summed E-state index contributed by atoms with van der Waals surface area (Å²) in [4.78, 5) is 0. The molecule has 0 aliphatic rings. The van der Waals surface area contributed by atoms with E-state index < -0.39 is 23.6 Å². The minimum Gasteiger partial charge on any atom is -0.324 e. The minimum atomic E-state index is -4.58. The van der Waals surface area contributed by atoms with Crippen LogP contribution in [0.5, 0.6) is 0 Å². The average molecular weight is 249 g/mol. The van der Waals surface area contributed by atoms with Crippen molar-refractivity contribution in [1.29, 1.82) is 0 Å². The van der Waals surface area contributed by atoms with Gasteiger partial charge in [0, 0.05) is 6.04 Å². The van der Waals surface area contributed by atoms with Crippen LogP contribution in [0.1, 0.15) is 37.4 Å². The van der Waals surface area contributed by atoms with E-state index in [9.17, 15) is 17.6 Å². The molecule has 1 unspecified atom stereocenters. The summed E-state index contributed by atoms with van der Waals surface area (Å²) in [6, 6.07) is 1.89. The molecular weight excluding hydrogens is 234 g/mol. The van der Waals surface area contributed by atoms with Crippen LogP contribution in [-0.4, -0.2) is 0 Å². The summed E-state index contributed by atoms with van der Waals surface area (Å²) in [7, 11) is 0. The maximum Gasteiger partial charge on any atom is 0.416 e. The monoisotopic (exact) mass is 249 g/mol. The summed E-state index contributed by atoms with van der Waals surface area (Å²) in [5, 5.41) is 0. The van der Waals surface area contributed by atoms with E-state index in [0.29, 0.717) is 12.5 Å². The number of halogens is 4. The highest BCUT2D eigenvalue weighted by Gasteiger charge is 2.35. The fourth-order valence-corrected chi connectivity index (χ4v) is 1.63. The number of benzene rings is 1. The van der Waals surface area contributed by atoms with E-state index in [1.807, 2.05) is 6.92 Å². The molecule has 17 heavy (non-hydrogen) atoms. The van der Waals surface area contributed by atoms with Gasteiger partial charge in [-0.3, -0.25) is 0 Å². The molecular formula is C12H15F4N. The van der Waals surface area contributed by atoms with Crippen molar-refractivity contribution in [2.24, 2.45) is 11.7 Å². The zero-order valence-electron chi connectivity index (χ0n) is 9.68. The summed E-state index contributed by atoms with van der Waals surface area (Å²) in [6.07, 6.45) is -3.92. The third kappa shape index (κ3) is 3.19. The largest absolute Gasteiger partial charge is 0.416 e. The van der Waals surface area contributed by atoms with Gasteiger partial charge in [-0.05, 0) is 23.6 Å². The van der Waals surface area contributed by atoms with Gasteiger partial charge in [0.2, 0.25) is 0 Å². The molecule has 96 valence electrons. The number of nitrogens with two attached hydrogens (primary N) is 1. The standard InChI is InChI=1S/C12H15F4N/c1-3-7(2)11(17)9-5-4-8(13)6-10(9)12(14,15)16/h4-7,11H,3,17H2,1-2H3/t7?,11-/m0/s1. The Hall–Kier alpha value is -1.10. The van der Waals surface area contributed by atoms with Crippen LogP contribution < -0.4 is 5.73 Å². The van der Waals surface area contributed by atoms with Gasteiger partial charge in [0.15, 0.2) is 0 Å². The molecule has 0 saturated heterocycles. The highest BCUT2D eigenvalue weighted by atomic mass is 19.4. The Bertz CT molecular complexity index is 387. The smallest absolute Gasteiger partial charge is 0.324 e. The highest BCUT2D eigenvalue weighted by molar-refractivity contribution is 5.33. The second-order valence-corrected chi connectivity index (χ2v) is 4.14. The van der Waals surface area contributed by atoms with Gasteiger partial charge in [0.1, 0.15) is 5.82 Å². The minimum absolute atomic E-state index is 0.0479. The summed E-state index contributed by atoms with van der Waals surface area (Å²) in [5.74, 6) is -1.00. The van der Waals surface area contributed by atoms with Crippen LogP contribution in [0.4, 0.5) is 17.6 Å². The van der Waals surface area contributed by atoms with Crippen LogP contribution in [0.3, 0.4) is 0 Å². The molecule has 0 aliphatic heterocycles. The van der Waals surface area contributed by atoms with Gasteiger partial charge < -0.3 is 5.73 Å². The van der Waals surface area contributed by atoms with Crippen molar-refractivity contribution in [3.05, 3.63) is 35.1 Å². The lowest BCUT2D eigenvalue weighted by Gasteiger charge is -2.22. The maximum absolute atomic E-state index is 12.9. The topological polar surface area (TPSA) is 26.0 Å². The molecule has 1 nitrogen and oxygen atoms in total. The first kappa shape index (κ1) is 14.0. The third-order valence-electron chi connectivity index (χ3n) is 2.94. The van der Waals surface area contributed by atoms with Crippen molar-refractivity contribution in [3.8, 4) is 0 Å². The first-order chi connectivity index (χ1) is 7.77. The van der Waals surface area contributed by atoms with Crippen molar-refractivity contribution in [2.45, 2.75) is 32.5 Å². The second kappa shape index (κ2) is 5.04. The van der Waals surface area contributed by atoms with Crippen molar-refractivity contribution in [3.63, 3.8) is 0 Å². The average Bonchev–Trinajstić information content (AvgIpc) is 2.25. The van der Waals surface area contributed by atoms with Crippen molar-refractivity contribution >= 4 is 0 Å². The molecule has 1 aromatic carbocycles. The lowest BCUT2D eigenvalue weighted by atomic mass is 9.90. The predicted octanol–water partition coefficient (Wildman–Crippen LogP) is 3.89. The molecule has 0 spiro atoms. The number of rotatable bonds is 3. The summed E-state index contributed by atoms with van der Waals surface area (Å²) >= 11 is 0. The Kier molecular flexibility index (Phi) is 4.14. The summed E-state index contributed by atoms with van der Waals surface area (Å²) in [5.41, 5.74) is 4.75. The summed E-state index contributed by atoms with van der Waals surface area (Å²) in [6.45, 7) is 3.62. The Balaban J connectivity index is 3.24. The van der Waals surface area contributed by atoms with Crippen LogP contribution in [0.2, 0.25) is 0 Å². The maximum atomic E-state index is 12.9. The molecule has 0 bridgehead atoms. The van der Waals surface area contributed by atoms with E-state index >= 15 is 0 Å². The summed E-state index contributed by atoms with van der Waals surface area (Å²) < 4.78 is 51.1. The van der Waals surface area contributed by atoms with Crippen molar-refractivity contribution < 1.29 is 17.6 Å². The van der Waals surface area contributed by atoms with Crippen LogP contribution >= 0.6 is 0 Å². The lowest BCUT2D eigenvalue weighted by Crippen LogP contribution is -2.23. The van der Waals surface area contributed by atoms with Gasteiger partial charge in [-0.25, -0.2) is 4.39 Å². The normalized spacial score (nSPS) is 15.7. The first-order valence-electron chi connectivity index (χ1n) is 5.39. The molecule has 0 radical (unpaired) electrons. The molecule has 2 N–H and O–H groups in total. The van der Waals surface area contributed by atoms with E-state index in [-0.39, 0.29) is 11.5 Å². The molecule has 0 heterocycles. The van der Waals surface area contributed by atoms with Crippen LogP contribution in [0.25, 0.3) is 0 Å². The van der Waals surface area contributed by atoms with E-state index in [2.05, 4.69) is 0 Å². The molecule has 1 aromatic rings. The van der Waals surface area contributed by atoms with E-state index in [1.54, 1.807) is 6.92 Å². The fraction of sp³-hybridized carbons (Fsp3) is 0.500. The zero-order valence-corrected chi connectivity index (χ0v) is 9.68. The molecule has 5 heteroatoms. The first-order valence-corrected chi connectivity index (χ1v) is 5.39. The van der Waals surface area contributed by atoms with Gasteiger partial charge in [-0.15, -0.1) is 0 Å². The van der Waals surface area contributed by atoms with Crippen LogP contribution in [-0.2, 0) is 6.18 Å². The third-order valence-corrected chi connectivity index (χ3v) is 2.94. The quantitative estimate of drug-likeness (QED) is 0.808. The van der Waals surface area contributed by atoms with Gasteiger partial charge in [-0.2, -0.15) is 13.2 Å². The molecule has 0 saturated carbocycles. The Morgan fingerprint density at radius 3 is 2.35 bits per heavy atom. The van der Waals surface area contributed by atoms with E-state index in [1.165, 1.54) is 0 Å².